The second-order valence-electron chi connectivity index (χ2n) is 8.31. The lowest BCUT2D eigenvalue weighted by Crippen LogP contribution is -2.48. The van der Waals surface area contributed by atoms with Crippen LogP contribution in [0.25, 0.3) is 9.88 Å². The third-order valence-corrected chi connectivity index (χ3v) is 7.81. The fourth-order valence-electron chi connectivity index (χ4n) is 3.81. The van der Waals surface area contributed by atoms with Crippen LogP contribution < -0.4 is 15.4 Å². The maximum absolute atomic E-state index is 13.4. The Balaban J connectivity index is 1.58. The Morgan fingerprint density at radius 3 is 2.32 bits per heavy atom. The molecule has 0 aliphatic heterocycles. The van der Waals surface area contributed by atoms with E-state index in [2.05, 4.69) is 15.4 Å². The summed E-state index contributed by atoms with van der Waals surface area (Å²) in [7, 11) is 0. The van der Waals surface area contributed by atoms with Crippen LogP contribution in [-0.4, -0.2) is 31.6 Å². The maximum atomic E-state index is 13.4. The standard InChI is InChI=1S/C26H26N4O4S3/c1-17(31)27-22(15-18-6-3-2-4-7-18)25(32)28-21(14-19-9-11-20(12-10-19)30-37(33)34)23-16-36-26(29-23)24-8-5-13-35-24/h2-13,16,21-22,30H,14-15H2,1H3,(H,27,31)(H,28,32)(H,33,34)/t21-,22+/m1/s1. The molecule has 2 aromatic heterocycles. The van der Waals surface area contributed by atoms with Gasteiger partial charge in [0.05, 0.1) is 16.6 Å². The van der Waals surface area contributed by atoms with Gasteiger partial charge in [0.2, 0.25) is 11.8 Å². The van der Waals surface area contributed by atoms with E-state index < -0.39 is 23.4 Å². The molecule has 0 radical (unpaired) electrons. The molecule has 2 amide bonds. The van der Waals surface area contributed by atoms with Gasteiger partial charge in [0.25, 0.3) is 11.3 Å². The second kappa shape index (κ2) is 12.7. The molecule has 0 saturated heterocycles. The Hall–Kier alpha value is -3.38. The SMILES string of the molecule is CC(=O)N[C@@H](Cc1ccccc1)C(=O)N[C@H](Cc1ccc(NS(=O)O)cc1)c1csc(-c2cccs2)n1. The summed E-state index contributed by atoms with van der Waals surface area (Å²) in [5.74, 6) is -0.589. The number of anilines is 1. The fourth-order valence-corrected chi connectivity index (χ4v) is 5.84. The summed E-state index contributed by atoms with van der Waals surface area (Å²) in [6.45, 7) is 1.39. The number of thiazole rings is 1. The first-order valence-electron chi connectivity index (χ1n) is 11.4. The van der Waals surface area contributed by atoms with Crippen LogP contribution in [0.5, 0.6) is 0 Å². The maximum Gasteiger partial charge on any atom is 0.259 e. The minimum absolute atomic E-state index is 0.286. The minimum atomic E-state index is -2.16. The molecule has 1 unspecified atom stereocenters. The normalized spacial score (nSPS) is 13.4. The van der Waals surface area contributed by atoms with Gasteiger partial charge in [-0.15, -0.1) is 22.7 Å². The van der Waals surface area contributed by atoms with Crippen LogP contribution >= 0.6 is 22.7 Å². The molecule has 0 fully saturated rings. The number of nitrogens with one attached hydrogen (secondary N) is 3. The monoisotopic (exact) mass is 554 g/mol. The number of benzene rings is 2. The lowest BCUT2D eigenvalue weighted by atomic mass is 10.0. The van der Waals surface area contributed by atoms with Crippen molar-refractivity contribution in [2.45, 2.75) is 31.8 Å². The van der Waals surface area contributed by atoms with E-state index in [9.17, 15) is 13.8 Å². The number of rotatable bonds is 11. The first-order valence-corrected chi connectivity index (χ1v) is 14.3. The zero-order chi connectivity index (χ0) is 26.2. The highest BCUT2D eigenvalue weighted by atomic mass is 32.2. The number of carbonyl (C=O) groups is 2. The van der Waals surface area contributed by atoms with Gasteiger partial charge in [-0.05, 0) is 41.1 Å². The molecule has 2 heterocycles. The van der Waals surface area contributed by atoms with Gasteiger partial charge in [-0.25, -0.2) is 9.19 Å². The van der Waals surface area contributed by atoms with Crippen LogP contribution in [0.15, 0.2) is 77.5 Å². The van der Waals surface area contributed by atoms with Crippen molar-refractivity contribution >= 4 is 51.4 Å². The van der Waals surface area contributed by atoms with Crippen LogP contribution in [-0.2, 0) is 33.7 Å². The van der Waals surface area contributed by atoms with Gasteiger partial charge in [0.1, 0.15) is 11.0 Å². The van der Waals surface area contributed by atoms with E-state index in [0.29, 0.717) is 18.5 Å². The van der Waals surface area contributed by atoms with Gasteiger partial charge < -0.3 is 10.6 Å². The van der Waals surface area contributed by atoms with Crippen LogP contribution in [0.1, 0.15) is 29.8 Å². The zero-order valence-electron chi connectivity index (χ0n) is 19.9. The van der Waals surface area contributed by atoms with E-state index >= 15 is 0 Å². The number of thiophene rings is 1. The van der Waals surface area contributed by atoms with Crippen LogP contribution in [0, 0.1) is 0 Å². The van der Waals surface area contributed by atoms with Gasteiger partial charge in [-0.1, -0.05) is 48.5 Å². The molecule has 192 valence electrons. The van der Waals surface area contributed by atoms with Gasteiger partial charge in [-0.2, -0.15) is 0 Å². The predicted molar refractivity (Wildman–Crippen MR) is 149 cm³/mol. The van der Waals surface area contributed by atoms with E-state index in [4.69, 9.17) is 9.54 Å². The third-order valence-electron chi connectivity index (χ3n) is 5.50. The molecule has 11 heteroatoms. The first-order chi connectivity index (χ1) is 17.9. The van der Waals surface area contributed by atoms with Crippen LogP contribution in [0.4, 0.5) is 5.69 Å². The van der Waals surface area contributed by atoms with Crippen molar-refractivity contribution in [3.05, 3.63) is 94.3 Å². The van der Waals surface area contributed by atoms with Crippen molar-refractivity contribution in [1.29, 1.82) is 0 Å². The summed E-state index contributed by atoms with van der Waals surface area (Å²) in [5.41, 5.74) is 3.07. The molecule has 4 aromatic rings. The molecular formula is C26H26N4O4S3. The summed E-state index contributed by atoms with van der Waals surface area (Å²) in [6.07, 6.45) is 0.801. The lowest BCUT2D eigenvalue weighted by molar-refractivity contribution is -0.128. The number of amides is 2. The number of nitrogens with zero attached hydrogens (tertiary/aromatic N) is 1. The fraction of sp³-hybridized carbons (Fsp3) is 0.192. The molecule has 8 nitrogen and oxygen atoms in total. The average Bonchev–Trinajstić information content (AvgIpc) is 3.57. The summed E-state index contributed by atoms with van der Waals surface area (Å²) in [6, 6.07) is 19.4. The smallest absolute Gasteiger partial charge is 0.259 e. The molecule has 3 atom stereocenters. The van der Waals surface area contributed by atoms with Gasteiger partial charge in [0.15, 0.2) is 0 Å². The van der Waals surface area contributed by atoms with Gasteiger partial charge >= 0.3 is 0 Å². The van der Waals surface area contributed by atoms with Crippen molar-refractivity contribution in [2.24, 2.45) is 0 Å². The van der Waals surface area contributed by atoms with E-state index in [1.807, 2.05) is 65.4 Å². The number of hydrogen-bond acceptors (Lipinski definition) is 6. The molecular weight excluding hydrogens is 529 g/mol. The summed E-state index contributed by atoms with van der Waals surface area (Å²) in [5, 5.41) is 10.7. The Morgan fingerprint density at radius 1 is 0.946 bits per heavy atom. The molecule has 0 bridgehead atoms. The summed E-state index contributed by atoms with van der Waals surface area (Å²) in [4.78, 5) is 31.2. The Labute approximate surface area is 225 Å². The highest BCUT2D eigenvalue weighted by molar-refractivity contribution is 7.80. The van der Waals surface area contributed by atoms with E-state index in [1.54, 1.807) is 23.5 Å². The largest absolute Gasteiger partial charge is 0.346 e. The molecule has 4 N–H and O–H groups in total. The molecule has 0 saturated carbocycles. The minimum Gasteiger partial charge on any atom is -0.346 e. The van der Waals surface area contributed by atoms with E-state index in [0.717, 1.165) is 26.7 Å². The van der Waals surface area contributed by atoms with Gasteiger partial charge in [0, 0.05) is 24.4 Å². The average molecular weight is 555 g/mol. The van der Waals surface area contributed by atoms with E-state index in [-0.39, 0.29) is 11.8 Å². The van der Waals surface area contributed by atoms with Crippen molar-refractivity contribution in [3.63, 3.8) is 0 Å². The van der Waals surface area contributed by atoms with Crippen molar-refractivity contribution in [2.75, 3.05) is 4.72 Å². The molecule has 0 spiro atoms. The van der Waals surface area contributed by atoms with Gasteiger partial charge in [-0.3, -0.25) is 18.9 Å². The first kappa shape index (κ1) is 26.7. The Kier molecular flexibility index (Phi) is 9.18. The lowest BCUT2D eigenvalue weighted by Gasteiger charge is -2.23. The molecule has 2 aromatic carbocycles. The highest BCUT2D eigenvalue weighted by Gasteiger charge is 2.25. The Bertz CT molecular complexity index is 1340. The predicted octanol–water partition coefficient (Wildman–Crippen LogP) is 4.57. The molecule has 0 aliphatic rings. The van der Waals surface area contributed by atoms with Crippen molar-refractivity contribution in [3.8, 4) is 9.88 Å². The quantitative estimate of drug-likeness (QED) is 0.203. The van der Waals surface area contributed by atoms with Crippen LogP contribution in [0.2, 0.25) is 0 Å². The second-order valence-corrected chi connectivity index (χ2v) is 10.8. The topological polar surface area (TPSA) is 120 Å². The van der Waals surface area contributed by atoms with Crippen molar-refractivity contribution < 1.29 is 18.4 Å². The van der Waals surface area contributed by atoms with Crippen molar-refractivity contribution in [1.82, 2.24) is 15.6 Å². The molecule has 37 heavy (non-hydrogen) atoms. The molecule has 0 aliphatic carbocycles. The summed E-state index contributed by atoms with van der Waals surface area (Å²) >= 11 is 0.950. The third kappa shape index (κ3) is 7.80. The van der Waals surface area contributed by atoms with E-state index in [1.165, 1.54) is 18.3 Å². The number of carbonyl (C=O) groups excluding carboxylic acids is 2. The Morgan fingerprint density at radius 2 is 1.68 bits per heavy atom. The number of hydrogen-bond donors (Lipinski definition) is 4. The number of aromatic nitrogens is 1. The molecule has 4 rings (SSSR count). The zero-order valence-corrected chi connectivity index (χ0v) is 22.4. The highest BCUT2D eigenvalue weighted by Crippen LogP contribution is 2.31. The van der Waals surface area contributed by atoms with Crippen LogP contribution in [0.3, 0.4) is 0 Å². The summed E-state index contributed by atoms with van der Waals surface area (Å²) < 4.78 is 22.5.